The Balaban J connectivity index is 2.65. The van der Waals surface area contributed by atoms with Crippen molar-refractivity contribution in [1.29, 1.82) is 0 Å². The molecule has 1 aromatic carbocycles. The van der Waals surface area contributed by atoms with Gasteiger partial charge >= 0.3 is 5.97 Å². The minimum atomic E-state index is -0.932. The fourth-order valence-electron chi connectivity index (χ4n) is 2.45. The maximum Gasteiger partial charge on any atom is 0.337 e. The van der Waals surface area contributed by atoms with Crippen LogP contribution in [0.5, 0.6) is 0 Å². The highest BCUT2D eigenvalue weighted by Crippen LogP contribution is 2.28. The molecule has 2 aromatic rings. The second kappa shape index (κ2) is 5.85. The van der Waals surface area contributed by atoms with Crippen LogP contribution < -0.4 is 0 Å². The zero-order valence-electron chi connectivity index (χ0n) is 13.0. The Bertz CT molecular complexity index is 653. The van der Waals surface area contributed by atoms with Gasteiger partial charge in [-0.1, -0.05) is 26.8 Å². The van der Waals surface area contributed by atoms with E-state index in [4.69, 9.17) is 4.74 Å². The van der Waals surface area contributed by atoms with E-state index >= 15 is 0 Å². The number of fused-ring (bicyclic) bond motifs is 1. The molecule has 0 unspecified atom stereocenters. The van der Waals surface area contributed by atoms with Gasteiger partial charge in [0.25, 0.3) is 0 Å². The van der Waals surface area contributed by atoms with Gasteiger partial charge in [-0.2, -0.15) is 0 Å². The van der Waals surface area contributed by atoms with E-state index in [9.17, 15) is 9.90 Å². The zero-order chi connectivity index (χ0) is 15.6. The molecule has 0 amide bonds. The summed E-state index contributed by atoms with van der Waals surface area (Å²) in [5.74, 6) is -0.0514. The molecule has 0 spiro atoms. The van der Waals surface area contributed by atoms with Crippen molar-refractivity contribution in [2.45, 2.75) is 39.7 Å². The summed E-state index contributed by atoms with van der Waals surface area (Å²) in [5.41, 5.74) is 1.51. The van der Waals surface area contributed by atoms with E-state index in [1.165, 1.54) is 0 Å². The van der Waals surface area contributed by atoms with E-state index < -0.39 is 5.97 Å². The molecule has 0 saturated heterocycles. The molecule has 0 aliphatic heterocycles. The number of para-hydroxylation sites is 1. The highest BCUT2D eigenvalue weighted by atomic mass is 16.5. The molecule has 0 aliphatic rings. The monoisotopic (exact) mass is 290 g/mol. The van der Waals surface area contributed by atoms with Crippen LogP contribution in [0.4, 0.5) is 0 Å². The molecule has 1 N–H and O–H groups in total. The smallest absolute Gasteiger partial charge is 0.337 e. The number of carbonyl (C=O) groups is 1. The maximum absolute atomic E-state index is 11.5. The highest BCUT2D eigenvalue weighted by molar-refractivity contribution is 6.01. The first-order valence-corrected chi connectivity index (χ1v) is 7.17. The number of carboxylic acid groups (broad SMARTS) is 1. The van der Waals surface area contributed by atoms with Gasteiger partial charge in [0, 0.05) is 18.6 Å². The Kier molecular flexibility index (Phi) is 4.32. The number of aromatic nitrogens is 2. The quantitative estimate of drug-likeness (QED) is 0.860. The van der Waals surface area contributed by atoms with Gasteiger partial charge in [-0.15, -0.1) is 0 Å². The third-order valence-electron chi connectivity index (χ3n) is 3.33. The molecule has 0 aliphatic carbocycles. The van der Waals surface area contributed by atoms with E-state index in [0.717, 1.165) is 11.3 Å². The summed E-state index contributed by atoms with van der Waals surface area (Å²) in [5, 5.41) is 9.42. The summed E-state index contributed by atoms with van der Waals surface area (Å²) in [6, 6.07) is 5.21. The van der Waals surface area contributed by atoms with Crippen molar-refractivity contribution in [3.05, 3.63) is 29.6 Å². The van der Waals surface area contributed by atoms with Crippen molar-refractivity contribution in [3.63, 3.8) is 0 Å². The molecular weight excluding hydrogens is 268 g/mol. The molecule has 2 rings (SSSR count). The average molecular weight is 290 g/mol. The minimum absolute atomic E-state index is 0.166. The van der Waals surface area contributed by atoms with Gasteiger partial charge in [-0.3, -0.25) is 0 Å². The number of imidazole rings is 1. The standard InChI is InChI=1S/C16H22N2O3/c1-5-21-10-9-18-13-11(14(19)20)7-6-8-12(13)17-15(18)16(2,3)4/h6-8H,5,9-10H2,1-4H3,(H,19,20). The molecule has 5 heteroatoms. The summed E-state index contributed by atoms with van der Waals surface area (Å²) < 4.78 is 7.41. The van der Waals surface area contributed by atoms with Crippen LogP contribution in [0, 0.1) is 0 Å². The van der Waals surface area contributed by atoms with Crippen molar-refractivity contribution < 1.29 is 14.6 Å². The fraction of sp³-hybridized carbons (Fsp3) is 0.500. The molecule has 0 bridgehead atoms. The van der Waals surface area contributed by atoms with Crippen LogP contribution in [0.2, 0.25) is 0 Å². The number of carboxylic acids is 1. The van der Waals surface area contributed by atoms with Crippen LogP contribution in [0.15, 0.2) is 18.2 Å². The third kappa shape index (κ3) is 3.08. The number of hydrogen-bond donors (Lipinski definition) is 1. The summed E-state index contributed by atoms with van der Waals surface area (Å²) >= 11 is 0. The van der Waals surface area contributed by atoms with Crippen molar-refractivity contribution in [2.75, 3.05) is 13.2 Å². The number of aromatic carboxylic acids is 1. The second-order valence-electron chi connectivity index (χ2n) is 6.01. The lowest BCUT2D eigenvalue weighted by atomic mass is 9.95. The Hall–Kier alpha value is -1.88. The van der Waals surface area contributed by atoms with E-state index in [0.29, 0.717) is 25.3 Å². The first-order chi connectivity index (χ1) is 9.86. The zero-order valence-corrected chi connectivity index (χ0v) is 13.0. The van der Waals surface area contributed by atoms with Gasteiger partial charge in [-0.05, 0) is 19.1 Å². The molecule has 114 valence electrons. The number of ether oxygens (including phenoxy) is 1. The van der Waals surface area contributed by atoms with Crippen LogP contribution in [0.25, 0.3) is 11.0 Å². The van der Waals surface area contributed by atoms with Crippen LogP contribution >= 0.6 is 0 Å². The fourth-order valence-corrected chi connectivity index (χ4v) is 2.45. The van der Waals surface area contributed by atoms with Gasteiger partial charge < -0.3 is 14.4 Å². The SMILES string of the molecule is CCOCCn1c(C(C)(C)C)nc2cccc(C(=O)O)c21. The van der Waals surface area contributed by atoms with Gasteiger partial charge in [0.05, 0.1) is 23.2 Å². The lowest BCUT2D eigenvalue weighted by Gasteiger charge is -2.20. The predicted octanol–water partition coefficient (Wildman–Crippen LogP) is 3.07. The number of hydrogen-bond acceptors (Lipinski definition) is 3. The highest BCUT2D eigenvalue weighted by Gasteiger charge is 2.25. The van der Waals surface area contributed by atoms with E-state index in [-0.39, 0.29) is 11.0 Å². The maximum atomic E-state index is 11.5. The Labute approximate surface area is 124 Å². The number of benzene rings is 1. The molecule has 0 fully saturated rings. The van der Waals surface area contributed by atoms with Crippen molar-refractivity contribution in [3.8, 4) is 0 Å². The van der Waals surface area contributed by atoms with Gasteiger partial charge in [0.1, 0.15) is 5.82 Å². The first-order valence-electron chi connectivity index (χ1n) is 7.17. The lowest BCUT2D eigenvalue weighted by Crippen LogP contribution is -2.21. The van der Waals surface area contributed by atoms with E-state index in [1.807, 2.05) is 17.6 Å². The summed E-state index contributed by atoms with van der Waals surface area (Å²) in [7, 11) is 0. The van der Waals surface area contributed by atoms with Gasteiger partial charge in [-0.25, -0.2) is 9.78 Å². The first kappa shape index (κ1) is 15.5. The Morgan fingerprint density at radius 3 is 2.67 bits per heavy atom. The second-order valence-corrected chi connectivity index (χ2v) is 6.01. The van der Waals surface area contributed by atoms with Crippen molar-refractivity contribution in [1.82, 2.24) is 9.55 Å². The molecule has 1 heterocycles. The molecule has 0 radical (unpaired) electrons. The number of nitrogens with zero attached hydrogens (tertiary/aromatic N) is 2. The summed E-state index contributed by atoms with van der Waals surface area (Å²) in [4.78, 5) is 16.1. The minimum Gasteiger partial charge on any atom is -0.478 e. The molecule has 1 aromatic heterocycles. The normalized spacial score (nSPS) is 12.0. The molecular formula is C16H22N2O3. The Morgan fingerprint density at radius 2 is 2.10 bits per heavy atom. The lowest BCUT2D eigenvalue weighted by molar-refractivity contribution is 0.0698. The summed E-state index contributed by atoms with van der Waals surface area (Å²) in [6.45, 7) is 9.95. The largest absolute Gasteiger partial charge is 0.478 e. The topological polar surface area (TPSA) is 64.4 Å². The Morgan fingerprint density at radius 1 is 1.38 bits per heavy atom. The molecule has 0 saturated carbocycles. The van der Waals surface area contributed by atoms with Crippen LogP contribution in [0.3, 0.4) is 0 Å². The summed E-state index contributed by atoms with van der Waals surface area (Å²) in [6.07, 6.45) is 0. The van der Waals surface area contributed by atoms with E-state index in [2.05, 4.69) is 25.8 Å². The van der Waals surface area contributed by atoms with Crippen molar-refractivity contribution in [2.24, 2.45) is 0 Å². The molecule has 5 nitrogen and oxygen atoms in total. The average Bonchev–Trinajstić information content (AvgIpc) is 2.78. The van der Waals surface area contributed by atoms with Crippen LogP contribution in [0.1, 0.15) is 43.9 Å². The number of rotatable bonds is 5. The predicted molar refractivity (Wildman–Crippen MR) is 81.9 cm³/mol. The van der Waals surface area contributed by atoms with Crippen LogP contribution in [-0.2, 0) is 16.7 Å². The third-order valence-corrected chi connectivity index (χ3v) is 3.33. The molecule has 0 atom stereocenters. The van der Waals surface area contributed by atoms with Crippen molar-refractivity contribution >= 4 is 17.0 Å². The van der Waals surface area contributed by atoms with Gasteiger partial charge in [0.2, 0.25) is 0 Å². The molecule has 21 heavy (non-hydrogen) atoms. The van der Waals surface area contributed by atoms with E-state index in [1.54, 1.807) is 12.1 Å². The van der Waals surface area contributed by atoms with Gasteiger partial charge in [0.15, 0.2) is 0 Å². The van der Waals surface area contributed by atoms with Crippen LogP contribution in [-0.4, -0.2) is 33.8 Å².